The number of hydrogen-bond donors (Lipinski definition) is 2. The summed E-state index contributed by atoms with van der Waals surface area (Å²) in [6.07, 6.45) is 11.2. The molecule has 0 spiro atoms. The topological polar surface area (TPSA) is 96.0 Å². The number of esters is 1. The van der Waals surface area contributed by atoms with Crippen LogP contribution in [0.15, 0.2) is 12.3 Å². The van der Waals surface area contributed by atoms with E-state index in [4.69, 9.17) is 11.2 Å². The van der Waals surface area contributed by atoms with E-state index in [1.807, 2.05) is 11.0 Å². The summed E-state index contributed by atoms with van der Waals surface area (Å²) in [7, 11) is 1.39. The van der Waals surface area contributed by atoms with Gasteiger partial charge in [0.25, 0.3) is 0 Å². The molecule has 1 saturated heterocycles. The van der Waals surface area contributed by atoms with Gasteiger partial charge in [-0.25, -0.2) is 9.78 Å². The van der Waals surface area contributed by atoms with Gasteiger partial charge in [-0.2, -0.15) is 10.1 Å². The summed E-state index contributed by atoms with van der Waals surface area (Å²) >= 11 is 0. The van der Waals surface area contributed by atoms with Crippen LogP contribution in [0.5, 0.6) is 0 Å². The molecule has 2 fully saturated rings. The molecule has 2 N–H and O–H groups in total. The first-order valence-electron chi connectivity index (χ1n) is 8.70. The number of anilines is 3. The third-order valence-corrected chi connectivity index (χ3v) is 4.78. The Balaban J connectivity index is 1.60. The van der Waals surface area contributed by atoms with Gasteiger partial charge in [-0.1, -0.05) is 5.92 Å². The predicted molar refractivity (Wildman–Crippen MR) is 96.2 cm³/mol. The molecule has 3 heterocycles. The Labute approximate surface area is 151 Å². The second-order valence-electron chi connectivity index (χ2n) is 6.56. The Bertz CT molecular complexity index is 867. The number of nitrogens with one attached hydrogen (secondary N) is 2. The van der Waals surface area contributed by atoms with Crippen molar-refractivity contribution in [2.45, 2.75) is 37.6 Å². The van der Waals surface area contributed by atoms with Crippen LogP contribution in [0.25, 0.3) is 0 Å². The van der Waals surface area contributed by atoms with E-state index in [9.17, 15) is 4.79 Å². The first-order chi connectivity index (χ1) is 12.7. The number of hydrogen-bond acceptors (Lipinski definition) is 7. The first-order valence-corrected chi connectivity index (χ1v) is 8.70. The maximum atomic E-state index is 12.0. The Kier molecular flexibility index (Phi) is 4.21. The highest BCUT2D eigenvalue weighted by molar-refractivity contribution is 5.80. The van der Waals surface area contributed by atoms with Crippen LogP contribution in [-0.2, 0) is 9.53 Å². The Morgan fingerprint density at radius 3 is 3.04 bits per heavy atom. The smallest absolute Gasteiger partial charge is 0.328 e. The van der Waals surface area contributed by atoms with Gasteiger partial charge in [0.2, 0.25) is 5.95 Å². The molecule has 134 valence electrons. The molecule has 2 aromatic rings. The van der Waals surface area contributed by atoms with Gasteiger partial charge in [0, 0.05) is 24.2 Å². The fourth-order valence-corrected chi connectivity index (χ4v) is 3.22. The summed E-state index contributed by atoms with van der Waals surface area (Å²) in [4.78, 5) is 22.7. The van der Waals surface area contributed by atoms with Gasteiger partial charge in [-0.05, 0) is 25.7 Å². The lowest BCUT2D eigenvalue weighted by molar-refractivity contribution is -0.141. The van der Waals surface area contributed by atoms with E-state index in [0.29, 0.717) is 35.6 Å². The van der Waals surface area contributed by atoms with E-state index in [2.05, 4.69) is 31.4 Å². The minimum Gasteiger partial charge on any atom is -0.467 e. The molecule has 0 unspecified atom stereocenters. The molecule has 0 radical (unpaired) electrons. The summed E-state index contributed by atoms with van der Waals surface area (Å²) < 4.78 is 4.89. The van der Waals surface area contributed by atoms with Gasteiger partial charge in [0.1, 0.15) is 6.04 Å². The van der Waals surface area contributed by atoms with Crippen LogP contribution >= 0.6 is 0 Å². The van der Waals surface area contributed by atoms with Gasteiger partial charge in [0.15, 0.2) is 11.6 Å². The second kappa shape index (κ2) is 6.67. The average Bonchev–Trinajstić information content (AvgIpc) is 3.21. The highest BCUT2D eigenvalue weighted by Crippen LogP contribution is 2.39. The summed E-state index contributed by atoms with van der Waals surface area (Å²) in [5.74, 6) is 4.51. The third-order valence-electron chi connectivity index (χ3n) is 4.78. The highest BCUT2D eigenvalue weighted by Gasteiger charge is 2.33. The van der Waals surface area contributed by atoms with Gasteiger partial charge in [0.05, 0.1) is 18.9 Å². The van der Waals surface area contributed by atoms with Crippen molar-refractivity contribution in [1.29, 1.82) is 0 Å². The molecule has 4 rings (SSSR count). The molecule has 2 aromatic heterocycles. The molecule has 1 atom stereocenters. The van der Waals surface area contributed by atoms with Gasteiger partial charge in [-0.15, -0.1) is 6.42 Å². The first kappa shape index (κ1) is 16.4. The average molecular weight is 352 g/mol. The van der Waals surface area contributed by atoms with Crippen molar-refractivity contribution >= 4 is 23.6 Å². The molecule has 0 aromatic carbocycles. The largest absolute Gasteiger partial charge is 0.467 e. The van der Waals surface area contributed by atoms with Crippen LogP contribution in [0, 0.1) is 12.3 Å². The zero-order valence-corrected chi connectivity index (χ0v) is 14.5. The molecule has 1 saturated carbocycles. The molecule has 2 aliphatic rings. The number of nitrogens with zero attached hydrogens (tertiary/aromatic N) is 4. The number of aromatic amines is 1. The Morgan fingerprint density at radius 2 is 2.31 bits per heavy atom. The van der Waals surface area contributed by atoms with E-state index < -0.39 is 0 Å². The highest BCUT2D eigenvalue weighted by atomic mass is 16.5. The fraction of sp³-hybridized carbons (Fsp3) is 0.444. The van der Waals surface area contributed by atoms with Gasteiger partial charge in [-0.3, -0.25) is 5.10 Å². The number of aromatic nitrogens is 4. The number of H-pyrrole nitrogens is 1. The normalized spacial score (nSPS) is 19.2. The minimum absolute atomic E-state index is 0.275. The van der Waals surface area contributed by atoms with E-state index in [-0.39, 0.29) is 12.0 Å². The molecule has 0 amide bonds. The predicted octanol–water partition coefficient (Wildman–Crippen LogP) is 1.94. The van der Waals surface area contributed by atoms with Crippen LogP contribution in [0.2, 0.25) is 0 Å². The third kappa shape index (κ3) is 3.08. The minimum atomic E-state index is -0.364. The summed E-state index contributed by atoms with van der Waals surface area (Å²) in [6.45, 7) is 0.697. The van der Waals surface area contributed by atoms with Crippen molar-refractivity contribution in [2.75, 3.05) is 23.9 Å². The molecule has 1 aliphatic heterocycles. The number of methoxy groups -OCH3 is 1. The quantitative estimate of drug-likeness (QED) is 0.627. The van der Waals surface area contributed by atoms with Crippen LogP contribution in [0.3, 0.4) is 0 Å². The number of rotatable bonds is 5. The van der Waals surface area contributed by atoms with E-state index >= 15 is 0 Å². The van der Waals surface area contributed by atoms with Crippen molar-refractivity contribution in [2.24, 2.45) is 0 Å². The number of carbonyl (C=O) groups is 1. The van der Waals surface area contributed by atoms with Crippen molar-refractivity contribution in [3.63, 3.8) is 0 Å². The molecular weight excluding hydrogens is 332 g/mol. The Hall–Kier alpha value is -3.08. The lowest BCUT2D eigenvalue weighted by atomic mass is 10.2. The monoisotopic (exact) mass is 352 g/mol. The van der Waals surface area contributed by atoms with Crippen molar-refractivity contribution in [1.82, 2.24) is 20.2 Å². The standard InChI is InChI=1S/C18H20N6O2/c1-3-11-10-19-18(24-8-4-5-14(24)17(25)26-2)21-16(11)20-15-9-13(22-23-15)12-6-7-12/h1,9-10,12,14H,4-8H2,2H3,(H2,19,20,21,22,23)/t14-/m0/s1. The van der Waals surface area contributed by atoms with E-state index in [1.54, 1.807) is 6.20 Å². The molecule has 26 heavy (non-hydrogen) atoms. The lowest BCUT2D eigenvalue weighted by Crippen LogP contribution is -2.38. The van der Waals surface area contributed by atoms with Gasteiger partial charge < -0.3 is 15.0 Å². The second-order valence-corrected chi connectivity index (χ2v) is 6.56. The van der Waals surface area contributed by atoms with Crippen LogP contribution < -0.4 is 10.2 Å². The molecule has 8 heteroatoms. The fourth-order valence-electron chi connectivity index (χ4n) is 3.22. The number of carbonyl (C=O) groups excluding carboxylic acids is 1. The molecule has 1 aliphatic carbocycles. The van der Waals surface area contributed by atoms with E-state index in [0.717, 1.165) is 18.5 Å². The zero-order valence-electron chi connectivity index (χ0n) is 14.5. The summed E-state index contributed by atoms with van der Waals surface area (Å²) in [6, 6.07) is 1.61. The molecular formula is C18H20N6O2. The molecule has 0 bridgehead atoms. The van der Waals surface area contributed by atoms with Crippen molar-refractivity contribution < 1.29 is 9.53 Å². The SMILES string of the molecule is C#Cc1cnc(N2CCC[C@H]2C(=O)OC)nc1Nc1cc(C2CC2)[nH]n1. The maximum absolute atomic E-state index is 12.0. The van der Waals surface area contributed by atoms with Gasteiger partial charge >= 0.3 is 5.97 Å². The maximum Gasteiger partial charge on any atom is 0.328 e. The van der Waals surface area contributed by atoms with Crippen molar-refractivity contribution in [3.05, 3.63) is 23.5 Å². The summed E-state index contributed by atoms with van der Waals surface area (Å²) in [5, 5.41) is 10.5. The number of terminal acetylenes is 1. The lowest BCUT2D eigenvalue weighted by Gasteiger charge is -2.23. The summed E-state index contributed by atoms with van der Waals surface area (Å²) in [5.41, 5.74) is 1.66. The molecule has 8 nitrogen and oxygen atoms in total. The zero-order chi connectivity index (χ0) is 18.1. The van der Waals surface area contributed by atoms with Crippen LogP contribution in [0.1, 0.15) is 42.9 Å². The van der Waals surface area contributed by atoms with Crippen molar-refractivity contribution in [3.8, 4) is 12.3 Å². The van der Waals surface area contributed by atoms with E-state index in [1.165, 1.54) is 20.0 Å². The van der Waals surface area contributed by atoms with Crippen LogP contribution in [-0.4, -0.2) is 45.8 Å². The number of ether oxygens (including phenoxy) is 1. The Morgan fingerprint density at radius 1 is 1.46 bits per heavy atom. The van der Waals surface area contributed by atoms with Crippen LogP contribution in [0.4, 0.5) is 17.6 Å².